The van der Waals surface area contributed by atoms with Crippen molar-refractivity contribution >= 4 is 11.6 Å². The summed E-state index contributed by atoms with van der Waals surface area (Å²) in [6.45, 7) is 4.39. The minimum atomic E-state index is -0.605. The van der Waals surface area contributed by atoms with E-state index in [1.165, 1.54) is 12.1 Å². The second-order valence-electron chi connectivity index (χ2n) is 9.00. The SMILES string of the molecule is CC1=C(c2nc(-c3ccc4c(c3)OCO4)no2)C(c2ccc(F)cc2)NC(=O)N1Cc1cccc(C)c1. The highest BCUT2D eigenvalue weighted by Crippen LogP contribution is 2.39. The predicted octanol–water partition coefficient (Wildman–Crippen LogP) is 5.61. The van der Waals surface area contributed by atoms with Crippen LogP contribution in [0.3, 0.4) is 0 Å². The highest BCUT2D eigenvalue weighted by Gasteiger charge is 2.36. The predicted molar refractivity (Wildman–Crippen MR) is 133 cm³/mol. The summed E-state index contributed by atoms with van der Waals surface area (Å²) < 4.78 is 30.3. The Hall–Kier alpha value is -4.66. The van der Waals surface area contributed by atoms with Crippen LogP contribution < -0.4 is 14.8 Å². The highest BCUT2D eigenvalue weighted by atomic mass is 19.1. The minimum Gasteiger partial charge on any atom is -0.454 e. The first-order valence-corrected chi connectivity index (χ1v) is 11.8. The Bertz CT molecular complexity index is 1530. The fraction of sp³-hybridized carbons (Fsp3) is 0.179. The van der Waals surface area contributed by atoms with Crippen molar-refractivity contribution in [3.8, 4) is 22.9 Å². The Balaban J connectivity index is 1.42. The van der Waals surface area contributed by atoms with Crippen molar-refractivity contribution < 1.29 is 23.2 Å². The third-order valence-electron chi connectivity index (χ3n) is 6.51. The molecule has 1 atom stereocenters. The number of halogens is 1. The lowest BCUT2D eigenvalue weighted by molar-refractivity contribution is 0.174. The molecule has 3 heterocycles. The Kier molecular flexibility index (Phi) is 5.60. The van der Waals surface area contributed by atoms with Gasteiger partial charge in [-0.1, -0.05) is 47.1 Å². The number of benzene rings is 3. The zero-order chi connectivity index (χ0) is 25.5. The third-order valence-corrected chi connectivity index (χ3v) is 6.51. The number of hydrogen-bond acceptors (Lipinski definition) is 6. The molecule has 2 aliphatic heterocycles. The van der Waals surface area contributed by atoms with Crippen LogP contribution in [0.5, 0.6) is 11.5 Å². The largest absolute Gasteiger partial charge is 0.454 e. The molecule has 0 bridgehead atoms. The van der Waals surface area contributed by atoms with Crippen LogP contribution in [0.1, 0.15) is 35.5 Å². The Morgan fingerprint density at radius 3 is 2.65 bits per heavy atom. The first kappa shape index (κ1) is 22.8. The topological polar surface area (TPSA) is 89.7 Å². The monoisotopic (exact) mass is 498 g/mol. The summed E-state index contributed by atoms with van der Waals surface area (Å²) in [7, 11) is 0. The summed E-state index contributed by atoms with van der Waals surface area (Å²) in [6.07, 6.45) is 0. The maximum Gasteiger partial charge on any atom is 0.322 e. The molecule has 0 spiro atoms. The second-order valence-corrected chi connectivity index (χ2v) is 9.00. The van der Waals surface area contributed by atoms with Crippen LogP contribution >= 0.6 is 0 Å². The number of nitrogens with one attached hydrogen (secondary N) is 1. The highest BCUT2D eigenvalue weighted by molar-refractivity contribution is 5.87. The molecule has 0 saturated carbocycles. The van der Waals surface area contributed by atoms with Gasteiger partial charge < -0.3 is 19.3 Å². The number of nitrogens with zero attached hydrogens (tertiary/aromatic N) is 3. The summed E-state index contributed by atoms with van der Waals surface area (Å²) in [5.74, 6) is 1.53. The third kappa shape index (κ3) is 4.29. The van der Waals surface area contributed by atoms with Crippen LogP contribution in [0, 0.1) is 12.7 Å². The molecule has 3 aromatic carbocycles. The van der Waals surface area contributed by atoms with Gasteiger partial charge in [-0.2, -0.15) is 4.98 Å². The molecule has 1 aromatic heterocycles. The molecular weight excluding hydrogens is 475 g/mol. The quantitative estimate of drug-likeness (QED) is 0.385. The van der Waals surface area contributed by atoms with E-state index in [2.05, 4.69) is 15.5 Å². The average molecular weight is 499 g/mol. The molecule has 0 fully saturated rings. The van der Waals surface area contributed by atoms with Crippen LogP contribution in [0.4, 0.5) is 9.18 Å². The number of amides is 2. The number of carbonyl (C=O) groups is 1. The number of aryl methyl sites for hydroxylation is 1. The van der Waals surface area contributed by atoms with E-state index in [4.69, 9.17) is 14.0 Å². The maximum absolute atomic E-state index is 13.7. The lowest BCUT2D eigenvalue weighted by atomic mass is 9.94. The molecule has 6 rings (SSSR count). The summed E-state index contributed by atoms with van der Waals surface area (Å²) in [6, 6.07) is 18.5. The van der Waals surface area contributed by atoms with E-state index in [1.807, 2.05) is 44.2 Å². The van der Waals surface area contributed by atoms with Crippen molar-refractivity contribution in [1.82, 2.24) is 20.4 Å². The van der Waals surface area contributed by atoms with E-state index >= 15 is 0 Å². The second kappa shape index (κ2) is 9.09. The van der Waals surface area contributed by atoms with Crippen LogP contribution in [0.25, 0.3) is 17.0 Å². The first-order valence-electron chi connectivity index (χ1n) is 11.8. The maximum atomic E-state index is 13.7. The van der Waals surface area contributed by atoms with Crippen LogP contribution in [0.2, 0.25) is 0 Å². The van der Waals surface area contributed by atoms with Crippen molar-refractivity contribution in [2.24, 2.45) is 0 Å². The molecule has 4 aromatic rings. The zero-order valence-electron chi connectivity index (χ0n) is 20.2. The molecule has 0 radical (unpaired) electrons. The fourth-order valence-electron chi connectivity index (χ4n) is 4.63. The van der Waals surface area contributed by atoms with E-state index in [0.29, 0.717) is 46.3 Å². The molecule has 0 saturated heterocycles. The molecule has 2 amide bonds. The molecule has 1 unspecified atom stereocenters. The molecular formula is C28H23FN4O4. The lowest BCUT2D eigenvalue weighted by Gasteiger charge is -2.35. The molecule has 1 N–H and O–H groups in total. The van der Waals surface area contributed by atoms with Gasteiger partial charge in [-0.15, -0.1) is 0 Å². The van der Waals surface area contributed by atoms with E-state index in [0.717, 1.165) is 11.1 Å². The summed E-state index contributed by atoms with van der Waals surface area (Å²) in [5, 5.41) is 7.24. The summed E-state index contributed by atoms with van der Waals surface area (Å²) in [4.78, 5) is 19.6. The zero-order valence-corrected chi connectivity index (χ0v) is 20.2. The van der Waals surface area contributed by atoms with Gasteiger partial charge >= 0.3 is 6.03 Å². The minimum absolute atomic E-state index is 0.165. The van der Waals surface area contributed by atoms with Gasteiger partial charge in [0, 0.05) is 11.3 Å². The molecule has 37 heavy (non-hydrogen) atoms. The van der Waals surface area contributed by atoms with Gasteiger partial charge in [0.05, 0.1) is 18.2 Å². The van der Waals surface area contributed by atoms with Crippen LogP contribution in [-0.2, 0) is 6.54 Å². The van der Waals surface area contributed by atoms with Gasteiger partial charge in [0.15, 0.2) is 11.5 Å². The van der Waals surface area contributed by atoms with E-state index in [1.54, 1.807) is 29.2 Å². The van der Waals surface area contributed by atoms with E-state index < -0.39 is 6.04 Å². The number of ether oxygens (including phenoxy) is 2. The number of rotatable bonds is 5. The fourth-order valence-corrected chi connectivity index (χ4v) is 4.63. The Morgan fingerprint density at radius 1 is 1.03 bits per heavy atom. The molecule has 0 aliphatic carbocycles. The molecule has 8 nitrogen and oxygen atoms in total. The number of carbonyl (C=O) groups excluding carboxylic acids is 1. The van der Waals surface area contributed by atoms with Crippen molar-refractivity contribution in [3.05, 3.63) is 101 Å². The van der Waals surface area contributed by atoms with Gasteiger partial charge in [0.2, 0.25) is 12.6 Å². The average Bonchev–Trinajstić information content (AvgIpc) is 3.56. The van der Waals surface area contributed by atoms with E-state index in [9.17, 15) is 9.18 Å². The standard InChI is InChI=1S/C28H23FN4O4/c1-16-4-3-5-18(12-16)14-33-17(2)24(25(30-28(33)34)19-6-9-21(29)10-7-19)27-31-26(32-37-27)20-8-11-22-23(13-20)36-15-35-22/h3-13,25H,14-15H2,1-2H3,(H,30,34). The number of allylic oxidation sites excluding steroid dienone is 1. The van der Waals surface area contributed by atoms with Crippen molar-refractivity contribution in [2.75, 3.05) is 6.79 Å². The van der Waals surface area contributed by atoms with E-state index in [-0.39, 0.29) is 24.5 Å². The van der Waals surface area contributed by atoms with Gasteiger partial charge in [0.25, 0.3) is 5.89 Å². The number of urea groups is 1. The van der Waals surface area contributed by atoms with Crippen LogP contribution in [-0.4, -0.2) is 27.9 Å². The molecule has 186 valence electrons. The Labute approximate surface area is 212 Å². The normalized spacial score (nSPS) is 16.8. The summed E-state index contributed by atoms with van der Waals surface area (Å²) in [5.41, 5.74) is 4.79. The molecule has 9 heteroatoms. The van der Waals surface area contributed by atoms with Crippen molar-refractivity contribution in [3.63, 3.8) is 0 Å². The number of hydrogen-bond donors (Lipinski definition) is 1. The summed E-state index contributed by atoms with van der Waals surface area (Å²) >= 11 is 0. The Morgan fingerprint density at radius 2 is 1.84 bits per heavy atom. The smallest absolute Gasteiger partial charge is 0.322 e. The van der Waals surface area contributed by atoms with Gasteiger partial charge in [-0.3, -0.25) is 4.90 Å². The van der Waals surface area contributed by atoms with Gasteiger partial charge in [-0.25, -0.2) is 9.18 Å². The van der Waals surface area contributed by atoms with Gasteiger partial charge in [0.1, 0.15) is 5.82 Å². The van der Waals surface area contributed by atoms with Gasteiger partial charge in [-0.05, 0) is 55.3 Å². The number of aromatic nitrogens is 2. The number of fused-ring (bicyclic) bond motifs is 1. The molecule has 2 aliphatic rings. The van der Waals surface area contributed by atoms with Crippen molar-refractivity contribution in [2.45, 2.75) is 26.4 Å². The van der Waals surface area contributed by atoms with Crippen LogP contribution in [0.15, 0.2) is 77.0 Å². The first-order chi connectivity index (χ1) is 18.0. The van der Waals surface area contributed by atoms with Crippen molar-refractivity contribution in [1.29, 1.82) is 0 Å². The lowest BCUT2D eigenvalue weighted by Crippen LogP contribution is -2.45.